The van der Waals surface area contributed by atoms with Gasteiger partial charge in [0.05, 0.1) is 0 Å². The molecule has 0 aliphatic rings. The minimum absolute atomic E-state index is 0.138. The average Bonchev–Trinajstić information content (AvgIpc) is 2.30. The highest BCUT2D eigenvalue weighted by molar-refractivity contribution is 7.54. The summed E-state index contributed by atoms with van der Waals surface area (Å²) in [7, 11) is -0.138. The van der Waals surface area contributed by atoms with Crippen molar-refractivity contribution in [2.24, 2.45) is 5.50 Å². The molecule has 0 aromatic carbocycles. The zero-order valence-electron chi connectivity index (χ0n) is 12.2. The lowest BCUT2D eigenvalue weighted by molar-refractivity contribution is 0.548. The highest BCUT2D eigenvalue weighted by atomic mass is 31.1. The van der Waals surface area contributed by atoms with Crippen molar-refractivity contribution in [2.75, 3.05) is 12.8 Å². The molecule has 0 spiro atoms. The van der Waals surface area contributed by atoms with Crippen LogP contribution in [0, 0.1) is 0 Å². The van der Waals surface area contributed by atoms with Gasteiger partial charge in [-0.3, -0.25) is 0 Å². The summed E-state index contributed by atoms with van der Waals surface area (Å²) in [4.78, 5) is 0. The van der Waals surface area contributed by atoms with Gasteiger partial charge in [0.2, 0.25) is 0 Å². The Labute approximate surface area is 111 Å². The van der Waals surface area contributed by atoms with Crippen molar-refractivity contribution in [2.45, 2.75) is 84.0 Å². The van der Waals surface area contributed by atoms with Gasteiger partial charge in [-0.25, -0.2) is 0 Å². The molecule has 0 radical (unpaired) electrons. The van der Waals surface area contributed by atoms with Crippen LogP contribution in [0.4, 0.5) is 0 Å². The monoisotopic (exact) mass is 259 g/mol. The summed E-state index contributed by atoms with van der Waals surface area (Å²) in [5.41, 5.74) is 5.79. The molecule has 0 rings (SSSR count). The minimum Gasteiger partial charge on any atom is -0.310 e. The largest absolute Gasteiger partial charge is 0.310 e. The quantitative estimate of drug-likeness (QED) is 0.334. The molecule has 0 saturated heterocycles. The van der Waals surface area contributed by atoms with Crippen LogP contribution in [0.25, 0.3) is 0 Å². The molecule has 0 aliphatic carbocycles. The van der Waals surface area contributed by atoms with Gasteiger partial charge in [-0.05, 0) is 27.3 Å². The van der Waals surface area contributed by atoms with Gasteiger partial charge in [-0.2, -0.15) is 0 Å². The van der Waals surface area contributed by atoms with Crippen molar-refractivity contribution < 1.29 is 0 Å². The highest BCUT2D eigenvalue weighted by Crippen LogP contribution is 2.21. The second-order valence-corrected chi connectivity index (χ2v) is 7.33. The molecule has 0 aromatic rings. The summed E-state index contributed by atoms with van der Waals surface area (Å²) in [5.74, 6) is 0. The second-order valence-electron chi connectivity index (χ2n) is 5.37. The molecule has 2 heteroatoms. The zero-order chi connectivity index (χ0) is 12.8. The van der Waals surface area contributed by atoms with Crippen molar-refractivity contribution in [3.63, 3.8) is 0 Å². The van der Waals surface area contributed by atoms with Gasteiger partial charge < -0.3 is 5.50 Å². The number of rotatable bonds is 13. The highest BCUT2D eigenvalue weighted by Gasteiger charge is 1.95. The standard InChI is InChI=1S/C15H34NP/c1-3-4-5-6-7-8-9-10-11-12-13-14-15-17(2)16/h3-16H2,1-2H3. The van der Waals surface area contributed by atoms with Crippen molar-refractivity contribution in [1.82, 2.24) is 0 Å². The number of unbranched alkanes of at least 4 members (excludes halogenated alkanes) is 11. The maximum Gasteiger partial charge on any atom is -0.0199 e. The Hall–Kier alpha value is 0.390. The summed E-state index contributed by atoms with van der Waals surface area (Å²) >= 11 is 0. The first-order valence-corrected chi connectivity index (χ1v) is 9.77. The molecule has 1 atom stereocenters. The Morgan fingerprint density at radius 1 is 0.647 bits per heavy atom. The molecule has 0 fully saturated rings. The third-order valence-electron chi connectivity index (χ3n) is 3.36. The third-order valence-corrected chi connectivity index (χ3v) is 4.39. The first-order chi connectivity index (χ1) is 8.27. The average molecular weight is 259 g/mol. The van der Waals surface area contributed by atoms with Crippen LogP contribution in [0.2, 0.25) is 0 Å². The maximum atomic E-state index is 5.79. The molecule has 0 aliphatic heterocycles. The van der Waals surface area contributed by atoms with Gasteiger partial charge in [0.15, 0.2) is 0 Å². The van der Waals surface area contributed by atoms with Gasteiger partial charge in [0.1, 0.15) is 0 Å². The van der Waals surface area contributed by atoms with Crippen LogP contribution in [-0.4, -0.2) is 12.8 Å². The summed E-state index contributed by atoms with van der Waals surface area (Å²) in [6, 6.07) is 0. The van der Waals surface area contributed by atoms with E-state index in [1.165, 1.54) is 83.2 Å². The van der Waals surface area contributed by atoms with Crippen molar-refractivity contribution in [1.29, 1.82) is 0 Å². The summed E-state index contributed by atoms with van der Waals surface area (Å²) in [6.45, 7) is 4.46. The van der Waals surface area contributed by atoms with E-state index in [2.05, 4.69) is 13.6 Å². The van der Waals surface area contributed by atoms with Crippen molar-refractivity contribution in [3.05, 3.63) is 0 Å². The topological polar surface area (TPSA) is 26.0 Å². The van der Waals surface area contributed by atoms with Crippen LogP contribution in [0.1, 0.15) is 84.0 Å². The third kappa shape index (κ3) is 16.4. The summed E-state index contributed by atoms with van der Waals surface area (Å²) < 4.78 is 0. The number of hydrogen-bond acceptors (Lipinski definition) is 1. The van der Waals surface area contributed by atoms with Crippen molar-refractivity contribution >= 4 is 8.07 Å². The Balaban J connectivity index is 2.89. The minimum atomic E-state index is -0.138. The van der Waals surface area contributed by atoms with Gasteiger partial charge in [0.25, 0.3) is 0 Å². The fourth-order valence-electron chi connectivity index (χ4n) is 2.20. The number of nitrogens with two attached hydrogens (primary N) is 1. The lowest BCUT2D eigenvalue weighted by atomic mass is 10.1. The van der Waals surface area contributed by atoms with Gasteiger partial charge >= 0.3 is 0 Å². The van der Waals surface area contributed by atoms with Crippen LogP contribution in [0.15, 0.2) is 0 Å². The molecule has 0 aromatic heterocycles. The van der Waals surface area contributed by atoms with Crippen molar-refractivity contribution in [3.8, 4) is 0 Å². The Morgan fingerprint density at radius 3 is 1.35 bits per heavy atom. The molecule has 1 unspecified atom stereocenters. The predicted octanol–water partition coefficient (Wildman–Crippen LogP) is 5.67. The van der Waals surface area contributed by atoms with E-state index < -0.39 is 0 Å². The van der Waals surface area contributed by atoms with E-state index in [0.717, 1.165) is 0 Å². The normalized spacial score (nSPS) is 12.9. The smallest absolute Gasteiger partial charge is 0.0199 e. The van der Waals surface area contributed by atoms with Crippen LogP contribution in [0.5, 0.6) is 0 Å². The molecule has 1 nitrogen and oxygen atoms in total. The fraction of sp³-hybridized carbons (Fsp3) is 1.00. The van der Waals surface area contributed by atoms with E-state index in [0.29, 0.717) is 0 Å². The lowest BCUT2D eigenvalue weighted by Crippen LogP contribution is -1.91. The molecular weight excluding hydrogens is 225 g/mol. The zero-order valence-corrected chi connectivity index (χ0v) is 13.1. The van der Waals surface area contributed by atoms with E-state index in [9.17, 15) is 0 Å². The molecular formula is C15H34NP. The molecule has 0 amide bonds. The first-order valence-electron chi connectivity index (χ1n) is 7.73. The van der Waals surface area contributed by atoms with Crippen LogP contribution >= 0.6 is 8.07 Å². The summed E-state index contributed by atoms with van der Waals surface area (Å²) in [5, 5.41) is 0. The Kier molecular flexibility index (Phi) is 14.8. The van der Waals surface area contributed by atoms with Gasteiger partial charge in [-0.15, -0.1) is 0 Å². The van der Waals surface area contributed by atoms with Gasteiger partial charge in [0, 0.05) is 0 Å². The molecule has 0 saturated carbocycles. The van der Waals surface area contributed by atoms with E-state index in [1.807, 2.05) is 0 Å². The summed E-state index contributed by atoms with van der Waals surface area (Å²) in [6.07, 6.45) is 18.5. The van der Waals surface area contributed by atoms with E-state index >= 15 is 0 Å². The van der Waals surface area contributed by atoms with Crippen LogP contribution < -0.4 is 5.50 Å². The fourth-order valence-corrected chi connectivity index (χ4v) is 2.92. The van der Waals surface area contributed by atoms with E-state index in [4.69, 9.17) is 5.50 Å². The first kappa shape index (κ1) is 17.4. The van der Waals surface area contributed by atoms with E-state index in [-0.39, 0.29) is 8.07 Å². The van der Waals surface area contributed by atoms with E-state index in [1.54, 1.807) is 0 Å². The molecule has 17 heavy (non-hydrogen) atoms. The van der Waals surface area contributed by atoms with Gasteiger partial charge in [-0.1, -0.05) is 77.6 Å². The van der Waals surface area contributed by atoms with Crippen LogP contribution in [-0.2, 0) is 0 Å². The molecule has 2 N–H and O–H groups in total. The number of hydrogen-bond donors (Lipinski definition) is 1. The lowest BCUT2D eigenvalue weighted by Gasteiger charge is -2.05. The Bertz CT molecular complexity index is 137. The molecule has 0 bridgehead atoms. The molecule has 0 heterocycles. The van der Waals surface area contributed by atoms with Crippen LogP contribution in [0.3, 0.4) is 0 Å². The SMILES string of the molecule is CCCCCCCCCCCCCCP(C)N. The maximum absolute atomic E-state index is 5.79. The molecule has 104 valence electrons. The second kappa shape index (κ2) is 14.5. The predicted molar refractivity (Wildman–Crippen MR) is 83.0 cm³/mol. The Morgan fingerprint density at radius 2 is 1.00 bits per heavy atom.